The third-order valence-corrected chi connectivity index (χ3v) is 4.20. The zero-order valence-electron chi connectivity index (χ0n) is 15.1. The fraction of sp³-hybridized carbons (Fsp3) is 0.0435. The van der Waals surface area contributed by atoms with Gasteiger partial charge in [0.2, 0.25) is 0 Å². The number of ketones is 1. The molecule has 0 aliphatic rings. The highest BCUT2D eigenvalue weighted by atomic mass is 35.5. The van der Waals surface area contributed by atoms with Gasteiger partial charge in [-0.25, -0.2) is 4.79 Å². The minimum Gasteiger partial charge on any atom is -0.497 e. The molecule has 3 rings (SSSR count). The van der Waals surface area contributed by atoms with Crippen molar-refractivity contribution >= 4 is 29.4 Å². The average molecular weight is 393 g/mol. The van der Waals surface area contributed by atoms with Crippen molar-refractivity contribution in [2.45, 2.75) is 0 Å². The first-order chi connectivity index (χ1) is 13.5. The van der Waals surface area contributed by atoms with Gasteiger partial charge in [0.1, 0.15) is 11.5 Å². The summed E-state index contributed by atoms with van der Waals surface area (Å²) < 4.78 is 10.5. The molecule has 4 nitrogen and oxygen atoms in total. The van der Waals surface area contributed by atoms with Gasteiger partial charge in [0, 0.05) is 10.6 Å². The molecule has 0 fully saturated rings. The molecule has 0 heterocycles. The SMILES string of the molecule is COc1cccc(/C=C/C(=O)c2ccc(OC(=O)c3ccc(Cl)cc3)cc2)c1. The van der Waals surface area contributed by atoms with Crippen LogP contribution >= 0.6 is 11.6 Å². The highest BCUT2D eigenvalue weighted by Crippen LogP contribution is 2.17. The molecule has 0 atom stereocenters. The lowest BCUT2D eigenvalue weighted by molar-refractivity contribution is 0.0734. The van der Waals surface area contributed by atoms with Crippen molar-refractivity contribution in [3.63, 3.8) is 0 Å². The lowest BCUT2D eigenvalue weighted by Gasteiger charge is -2.05. The number of allylic oxidation sites excluding steroid dienone is 1. The second-order valence-corrected chi connectivity index (χ2v) is 6.33. The second-order valence-electron chi connectivity index (χ2n) is 5.89. The molecule has 0 spiro atoms. The van der Waals surface area contributed by atoms with Crippen LogP contribution in [0.4, 0.5) is 0 Å². The molecular formula is C23H17ClO4. The fourth-order valence-electron chi connectivity index (χ4n) is 2.45. The van der Waals surface area contributed by atoms with E-state index in [2.05, 4.69) is 0 Å². The van der Waals surface area contributed by atoms with Gasteiger partial charge in [-0.2, -0.15) is 0 Å². The maximum absolute atomic E-state index is 12.3. The van der Waals surface area contributed by atoms with Crippen LogP contribution in [-0.4, -0.2) is 18.9 Å². The van der Waals surface area contributed by atoms with Gasteiger partial charge >= 0.3 is 5.97 Å². The van der Waals surface area contributed by atoms with Crippen LogP contribution in [-0.2, 0) is 0 Å². The smallest absolute Gasteiger partial charge is 0.343 e. The minimum absolute atomic E-state index is 0.154. The number of rotatable bonds is 6. The summed E-state index contributed by atoms with van der Waals surface area (Å²) in [6.45, 7) is 0. The zero-order chi connectivity index (χ0) is 19.9. The third kappa shape index (κ3) is 5.09. The first kappa shape index (κ1) is 19.4. The summed E-state index contributed by atoms with van der Waals surface area (Å²) in [5.74, 6) is 0.432. The quantitative estimate of drug-likeness (QED) is 0.242. The normalized spacial score (nSPS) is 10.6. The lowest BCUT2D eigenvalue weighted by Crippen LogP contribution is -2.08. The van der Waals surface area contributed by atoms with E-state index in [1.165, 1.54) is 6.08 Å². The van der Waals surface area contributed by atoms with Crippen LogP contribution in [0.3, 0.4) is 0 Å². The number of hydrogen-bond acceptors (Lipinski definition) is 4. The first-order valence-corrected chi connectivity index (χ1v) is 8.87. The molecule has 0 aliphatic heterocycles. The van der Waals surface area contributed by atoms with Crippen LogP contribution in [0.25, 0.3) is 6.08 Å². The van der Waals surface area contributed by atoms with Gasteiger partial charge < -0.3 is 9.47 Å². The molecule has 0 aliphatic carbocycles. The fourth-order valence-corrected chi connectivity index (χ4v) is 2.58. The van der Waals surface area contributed by atoms with Gasteiger partial charge in [-0.15, -0.1) is 0 Å². The molecule has 3 aromatic carbocycles. The summed E-state index contributed by atoms with van der Waals surface area (Å²) in [6, 6.07) is 20.2. The average Bonchev–Trinajstić information content (AvgIpc) is 2.73. The molecule has 0 bridgehead atoms. The monoisotopic (exact) mass is 392 g/mol. The van der Waals surface area contributed by atoms with Crippen LogP contribution < -0.4 is 9.47 Å². The molecule has 5 heteroatoms. The second kappa shape index (κ2) is 9.02. The van der Waals surface area contributed by atoms with E-state index in [1.54, 1.807) is 61.7 Å². The number of carbonyl (C=O) groups is 2. The van der Waals surface area contributed by atoms with Crippen molar-refractivity contribution in [3.05, 3.63) is 101 Å². The Bertz CT molecular complexity index is 1010. The Morgan fingerprint density at radius 2 is 1.54 bits per heavy atom. The molecule has 0 N–H and O–H groups in total. The van der Waals surface area contributed by atoms with Gasteiger partial charge in [0.05, 0.1) is 12.7 Å². The number of halogens is 1. The standard InChI is InChI=1S/C23H17ClO4/c1-27-21-4-2-3-16(15-21)5-14-22(25)17-8-12-20(13-9-17)28-23(26)18-6-10-19(24)11-7-18/h2-15H,1H3/b14-5+. The maximum Gasteiger partial charge on any atom is 0.343 e. The Balaban J connectivity index is 1.64. The summed E-state index contributed by atoms with van der Waals surface area (Å²) in [5, 5.41) is 0.543. The Labute approximate surface area is 168 Å². The van der Waals surface area contributed by atoms with Gasteiger partial charge in [-0.1, -0.05) is 29.8 Å². The molecule has 0 radical (unpaired) electrons. The Kier molecular flexibility index (Phi) is 6.25. The Morgan fingerprint density at radius 1 is 0.857 bits per heavy atom. The van der Waals surface area contributed by atoms with Crippen LogP contribution in [0.1, 0.15) is 26.3 Å². The van der Waals surface area contributed by atoms with Crippen LogP contribution in [0.2, 0.25) is 5.02 Å². The largest absolute Gasteiger partial charge is 0.497 e. The zero-order valence-corrected chi connectivity index (χ0v) is 15.8. The molecular weight excluding hydrogens is 376 g/mol. The van der Waals surface area contributed by atoms with Crippen molar-refractivity contribution < 1.29 is 19.1 Å². The van der Waals surface area contributed by atoms with Gasteiger partial charge in [0.25, 0.3) is 0 Å². The number of benzene rings is 3. The molecule has 0 saturated heterocycles. The van der Waals surface area contributed by atoms with Gasteiger partial charge in [-0.05, 0) is 72.3 Å². The van der Waals surface area contributed by atoms with Crippen molar-refractivity contribution in [1.29, 1.82) is 0 Å². The van der Waals surface area contributed by atoms with Gasteiger partial charge in [-0.3, -0.25) is 4.79 Å². The van der Waals surface area contributed by atoms with Crippen LogP contribution in [0.15, 0.2) is 78.9 Å². The van der Waals surface area contributed by atoms with E-state index in [-0.39, 0.29) is 5.78 Å². The lowest BCUT2D eigenvalue weighted by atomic mass is 10.1. The topological polar surface area (TPSA) is 52.6 Å². The number of methoxy groups -OCH3 is 1. The molecule has 3 aromatic rings. The highest BCUT2D eigenvalue weighted by molar-refractivity contribution is 6.30. The summed E-state index contributed by atoms with van der Waals surface area (Å²) in [7, 11) is 1.59. The van der Waals surface area contributed by atoms with Crippen LogP contribution in [0, 0.1) is 0 Å². The summed E-state index contributed by atoms with van der Waals surface area (Å²) >= 11 is 5.81. The van der Waals surface area contributed by atoms with E-state index in [4.69, 9.17) is 21.1 Å². The van der Waals surface area contributed by atoms with E-state index in [9.17, 15) is 9.59 Å². The van der Waals surface area contributed by atoms with E-state index in [0.29, 0.717) is 21.9 Å². The number of ether oxygens (including phenoxy) is 2. The van der Waals surface area contributed by atoms with Gasteiger partial charge in [0.15, 0.2) is 5.78 Å². The Morgan fingerprint density at radius 3 is 2.21 bits per heavy atom. The predicted molar refractivity (Wildman–Crippen MR) is 109 cm³/mol. The molecule has 0 aromatic heterocycles. The maximum atomic E-state index is 12.3. The van der Waals surface area contributed by atoms with Crippen molar-refractivity contribution in [2.75, 3.05) is 7.11 Å². The third-order valence-electron chi connectivity index (χ3n) is 3.95. The number of esters is 1. The summed E-state index contributed by atoms with van der Waals surface area (Å²) in [5.41, 5.74) is 1.75. The number of hydrogen-bond donors (Lipinski definition) is 0. The molecule has 28 heavy (non-hydrogen) atoms. The minimum atomic E-state index is -0.492. The van der Waals surface area contributed by atoms with E-state index in [1.807, 2.05) is 24.3 Å². The van der Waals surface area contributed by atoms with E-state index in [0.717, 1.165) is 11.3 Å². The Hall–Kier alpha value is -3.37. The highest BCUT2D eigenvalue weighted by Gasteiger charge is 2.09. The van der Waals surface area contributed by atoms with E-state index >= 15 is 0 Å². The summed E-state index contributed by atoms with van der Waals surface area (Å²) in [6.07, 6.45) is 3.21. The molecule has 0 saturated carbocycles. The first-order valence-electron chi connectivity index (χ1n) is 8.49. The van der Waals surface area contributed by atoms with Crippen molar-refractivity contribution in [1.82, 2.24) is 0 Å². The number of carbonyl (C=O) groups excluding carboxylic acids is 2. The molecule has 140 valence electrons. The van der Waals surface area contributed by atoms with Crippen molar-refractivity contribution in [3.8, 4) is 11.5 Å². The summed E-state index contributed by atoms with van der Waals surface area (Å²) in [4.78, 5) is 24.4. The molecule has 0 unspecified atom stereocenters. The predicted octanol–water partition coefficient (Wildman–Crippen LogP) is 5.46. The van der Waals surface area contributed by atoms with E-state index < -0.39 is 5.97 Å². The molecule has 0 amide bonds. The van der Waals surface area contributed by atoms with Crippen molar-refractivity contribution in [2.24, 2.45) is 0 Å². The van der Waals surface area contributed by atoms with Crippen LogP contribution in [0.5, 0.6) is 11.5 Å².